The number of ether oxygens (including phenoxy) is 1. The van der Waals surface area contributed by atoms with Crippen molar-refractivity contribution in [2.45, 2.75) is 0 Å². The average molecular weight is 342 g/mol. The number of halogens is 1. The predicted molar refractivity (Wildman–Crippen MR) is 87.0 cm³/mol. The fourth-order valence-corrected chi connectivity index (χ4v) is 2.30. The lowest BCUT2D eigenvalue weighted by atomic mass is 10.1. The first kappa shape index (κ1) is 13.6. The summed E-state index contributed by atoms with van der Waals surface area (Å²) in [7, 11) is 0. The summed E-state index contributed by atoms with van der Waals surface area (Å²) in [5, 5.41) is 8.53. The summed E-state index contributed by atoms with van der Waals surface area (Å²) in [6, 6.07) is 15.1. The third kappa shape index (κ3) is 2.73. The van der Waals surface area contributed by atoms with Crippen LogP contribution in [0.3, 0.4) is 0 Å². The van der Waals surface area contributed by atoms with Gasteiger partial charge in [0.2, 0.25) is 0 Å². The number of amidine groups is 1. The van der Waals surface area contributed by atoms with Gasteiger partial charge in [-0.25, -0.2) is 0 Å². The molecule has 1 heterocycles. The van der Waals surface area contributed by atoms with Crippen LogP contribution in [0.25, 0.3) is 10.9 Å². The van der Waals surface area contributed by atoms with Crippen LogP contribution < -0.4 is 10.5 Å². The lowest BCUT2D eigenvalue weighted by Crippen LogP contribution is -2.13. The molecule has 0 saturated carbocycles. The normalized spacial score (nSPS) is 10.5. The van der Waals surface area contributed by atoms with E-state index in [0.717, 1.165) is 15.4 Å². The number of hydrogen-bond donors (Lipinski definition) is 2. The van der Waals surface area contributed by atoms with Crippen LogP contribution in [0.2, 0.25) is 0 Å². The van der Waals surface area contributed by atoms with Gasteiger partial charge in [0.25, 0.3) is 0 Å². The van der Waals surface area contributed by atoms with E-state index in [0.29, 0.717) is 17.1 Å². The summed E-state index contributed by atoms with van der Waals surface area (Å²) >= 11 is 3.39. The number of benzene rings is 2. The molecule has 0 atom stereocenters. The fraction of sp³-hybridized carbons (Fsp3) is 0. The summed E-state index contributed by atoms with van der Waals surface area (Å²) in [5.41, 5.74) is 6.92. The Morgan fingerprint density at radius 3 is 2.52 bits per heavy atom. The Labute approximate surface area is 130 Å². The highest BCUT2D eigenvalue weighted by Gasteiger charge is 2.13. The third-order valence-corrected chi connectivity index (χ3v) is 3.58. The fourth-order valence-electron chi connectivity index (χ4n) is 2.04. The largest absolute Gasteiger partial charge is 0.456 e. The molecule has 0 fully saturated rings. The maximum Gasteiger partial charge on any atom is 0.149 e. The zero-order valence-corrected chi connectivity index (χ0v) is 12.6. The van der Waals surface area contributed by atoms with E-state index < -0.39 is 0 Å². The van der Waals surface area contributed by atoms with Crippen LogP contribution in [0, 0.1) is 5.41 Å². The zero-order chi connectivity index (χ0) is 14.8. The maximum absolute atomic E-state index is 7.70. The third-order valence-electron chi connectivity index (χ3n) is 3.05. The quantitative estimate of drug-likeness (QED) is 0.557. The monoisotopic (exact) mass is 341 g/mol. The van der Waals surface area contributed by atoms with Gasteiger partial charge in [-0.15, -0.1) is 0 Å². The number of pyridine rings is 1. The Bertz CT molecular complexity index is 815. The Morgan fingerprint density at radius 2 is 1.81 bits per heavy atom. The molecule has 3 N–H and O–H groups in total. The van der Waals surface area contributed by atoms with Gasteiger partial charge < -0.3 is 10.5 Å². The van der Waals surface area contributed by atoms with Gasteiger partial charge >= 0.3 is 0 Å². The molecule has 21 heavy (non-hydrogen) atoms. The molecule has 3 aromatic rings. The number of rotatable bonds is 3. The van der Waals surface area contributed by atoms with E-state index in [1.54, 1.807) is 6.20 Å². The van der Waals surface area contributed by atoms with Crippen LogP contribution in [0.4, 0.5) is 0 Å². The van der Waals surface area contributed by atoms with Crippen molar-refractivity contribution in [3.05, 3.63) is 64.8 Å². The topological polar surface area (TPSA) is 72.0 Å². The average Bonchev–Trinajstić information content (AvgIpc) is 2.49. The number of para-hydroxylation sites is 1. The molecule has 0 saturated heterocycles. The van der Waals surface area contributed by atoms with E-state index in [2.05, 4.69) is 20.9 Å². The molecular formula is C16H12BrN3O. The van der Waals surface area contributed by atoms with Crippen molar-refractivity contribution in [1.82, 2.24) is 4.98 Å². The van der Waals surface area contributed by atoms with Crippen molar-refractivity contribution in [2.75, 3.05) is 0 Å². The van der Waals surface area contributed by atoms with E-state index in [9.17, 15) is 0 Å². The van der Waals surface area contributed by atoms with Crippen molar-refractivity contribution < 1.29 is 4.74 Å². The van der Waals surface area contributed by atoms with Gasteiger partial charge in [0, 0.05) is 16.1 Å². The number of nitrogens with two attached hydrogens (primary N) is 1. The van der Waals surface area contributed by atoms with Crippen LogP contribution >= 0.6 is 15.9 Å². The highest BCUT2D eigenvalue weighted by atomic mass is 79.9. The van der Waals surface area contributed by atoms with E-state index in [1.165, 1.54) is 0 Å². The number of aromatic nitrogens is 1. The van der Waals surface area contributed by atoms with Crippen LogP contribution in [0.1, 0.15) is 5.56 Å². The van der Waals surface area contributed by atoms with Gasteiger partial charge in [-0.1, -0.05) is 28.1 Å². The minimum atomic E-state index is -0.0691. The van der Waals surface area contributed by atoms with E-state index in [1.807, 2.05) is 48.5 Å². The summed E-state index contributed by atoms with van der Waals surface area (Å²) < 4.78 is 6.93. The number of hydrogen-bond acceptors (Lipinski definition) is 3. The second kappa shape index (κ2) is 5.54. The Kier molecular flexibility index (Phi) is 3.58. The van der Waals surface area contributed by atoms with Gasteiger partial charge in [-0.3, -0.25) is 10.4 Å². The molecule has 0 amide bonds. The first-order chi connectivity index (χ1) is 10.1. The summed E-state index contributed by atoms with van der Waals surface area (Å²) in [6.45, 7) is 0. The number of nitrogens with zero attached hydrogens (tertiary/aromatic N) is 1. The molecule has 0 radical (unpaired) electrons. The number of nitrogens with one attached hydrogen (secondary N) is 1. The standard InChI is InChI=1S/C16H12BrN3O/c17-10-5-7-11(8-6-10)21-15-12-3-1-2-4-14(12)20-9-13(15)16(18)19/h1-9H,(H3,18,19). The van der Waals surface area contributed by atoms with Crippen LogP contribution in [-0.2, 0) is 0 Å². The molecule has 0 bridgehead atoms. The van der Waals surface area contributed by atoms with Crippen LogP contribution in [0.15, 0.2) is 59.2 Å². The van der Waals surface area contributed by atoms with Gasteiger partial charge in [0.15, 0.2) is 0 Å². The van der Waals surface area contributed by atoms with Gasteiger partial charge in [-0.05, 0) is 36.4 Å². The first-order valence-corrected chi connectivity index (χ1v) is 7.10. The molecular weight excluding hydrogens is 330 g/mol. The molecule has 0 aliphatic rings. The van der Waals surface area contributed by atoms with Crippen molar-refractivity contribution in [3.8, 4) is 11.5 Å². The second-order valence-corrected chi connectivity index (χ2v) is 5.40. The molecule has 3 rings (SSSR count). The molecule has 0 unspecified atom stereocenters. The van der Waals surface area contributed by atoms with Crippen molar-refractivity contribution in [2.24, 2.45) is 5.73 Å². The van der Waals surface area contributed by atoms with E-state index in [4.69, 9.17) is 15.9 Å². The molecule has 1 aromatic heterocycles. The van der Waals surface area contributed by atoms with Crippen molar-refractivity contribution in [3.63, 3.8) is 0 Å². The van der Waals surface area contributed by atoms with Gasteiger partial charge in [0.1, 0.15) is 17.3 Å². The number of fused-ring (bicyclic) bond motifs is 1. The first-order valence-electron chi connectivity index (χ1n) is 6.31. The highest BCUT2D eigenvalue weighted by molar-refractivity contribution is 9.10. The maximum atomic E-state index is 7.70. The Balaban J connectivity index is 2.16. The molecule has 2 aromatic carbocycles. The molecule has 4 nitrogen and oxygen atoms in total. The minimum absolute atomic E-state index is 0.0691. The van der Waals surface area contributed by atoms with Crippen molar-refractivity contribution >= 4 is 32.7 Å². The molecule has 5 heteroatoms. The smallest absolute Gasteiger partial charge is 0.149 e. The van der Waals surface area contributed by atoms with E-state index >= 15 is 0 Å². The molecule has 0 spiro atoms. The molecule has 104 valence electrons. The Morgan fingerprint density at radius 1 is 1.10 bits per heavy atom. The zero-order valence-electron chi connectivity index (χ0n) is 11.0. The lowest BCUT2D eigenvalue weighted by molar-refractivity contribution is 0.486. The highest BCUT2D eigenvalue weighted by Crippen LogP contribution is 2.32. The molecule has 0 aliphatic heterocycles. The van der Waals surface area contributed by atoms with Gasteiger partial charge in [-0.2, -0.15) is 0 Å². The van der Waals surface area contributed by atoms with Crippen LogP contribution in [0.5, 0.6) is 11.5 Å². The minimum Gasteiger partial charge on any atom is -0.456 e. The lowest BCUT2D eigenvalue weighted by Gasteiger charge is -2.13. The summed E-state index contributed by atoms with van der Waals surface area (Å²) in [5.74, 6) is 1.16. The second-order valence-electron chi connectivity index (χ2n) is 4.49. The molecule has 0 aliphatic carbocycles. The SMILES string of the molecule is N=C(N)c1cnc2ccccc2c1Oc1ccc(Br)cc1. The Hall–Kier alpha value is -2.40. The predicted octanol–water partition coefficient (Wildman–Crippen LogP) is 4.07. The number of nitrogen functional groups attached to an aromatic ring is 1. The van der Waals surface area contributed by atoms with Crippen molar-refractivity contribution in [1.29, 1.82) is 5.41 Å². The summed E-state index contributed by atoms with van der Waals surface area (Å²) in [6.07, 6.45) is 1.57. The van der Waals surface area contributed by atoms with E-state index in [-0.39, 0.29) is 5.84 Å². The van der Waals surface area contributed by atoms with Crippen LogP contribution in [-0.4, -0.2) is 10.8 Å². The summed E-state index contributed by atoms with van der Waals surface area (Å²) in [4.78, 5) is 4.31. The van der Waals surface area contributed by atoms with Gasteiger partial charge in [0.05, 0.1) is 11.1 Å².